The number of aromatic hydroxyl groups is 2. The molecule has 0 heterocycles. The van der Waals surface area contributed by atoms with Crippen molar-refractivity contribution in [1.82, 2.24) is 0 Å². The third kappa shape index (κ3) is 13.4. The molecule has 1 aliphatic carbocycles. The fraction of sp³-hybridized carbons (Fsp3) is 0.493. The van der Waals surface area contributed by atoms with E-state index in [0.717, 1.165) is 132 Å². The molecule has 1 aliphatic rings. The number of rotatable bonds is 33. The lowest BCUT2D eigenvalue weighted by Crippen LogP contribution is -2.31. The molecule has 1 unspecified atom stereocenters. The van der Waals surface area contributed by atoms with Gasteiger partial charge in [-0.2, -0.15) is 0 Å². The topological polar surface area (TPSA) is 92.2 Å². The molecule has 7 heteroatoms. The Morgan fingerprint density at radius 3 is 1.26 bits per heavy atom. The zero-order valence-electron chi connectivity index (χ0n) is 45.6. The van der Waals surface area contributed by atoms with Gasteiger partial charge in [-0.25, -0.2) is 4.85 Å². The first-order valence-corrected chi connectivity index (χ1v) is 29.1. The van der Waals surface area contributed by atoms with Crippen molar-refractivity contribution < 1.29 is 15.0 Å². The summed E-state index contributed by atoms with van der Waals surface area (Å²) in [6.45, 7) is 20.9. The number of benzene rings is 6. The summed E-state index contributed by atoms with van der Waals surface area (Å²) in [5, 5.41) is 41.2. The number of nitrogens with zero attached hydrogens (tertiary/aromatic N) is 3. The summed E-state index contributed by atoms with van der Waals surface area (Å²) >= 11 is 0. The number of fused-ring (bicyclic) bond motifs is 4. The molecule has 1 atom stereocenters. The number of allylic oxidation sites excluding steroid dienone is 2. The lowest BCUT2D eigenvalue weighted by Gasteiger charge is -2.36. The number of carbonyl (C=O) groups excluding carboxylic acids is 1. The molecule has 0 saturated carbocycles. The number of ketones is 1. The van der Waals surface area contributed by atoms with Crippen molar-refractivity contribution in [2.24, 2.45) is 0 Å². The molecule has 6 aromatic rings. The first-order chi connectivity index (χ1) is 36.3. The largest absolute Gasteiger partial charge is 0.508 e. The summed E-state index contributed by atoms with van der Waals surface area (Å²) in [6.07, 6.45) is 28.5. The molecule has 0 bridgehead atoms. The van der Waals surface area contributed by atoms with Crippen molar-refractivity contribution in [1.29, 1.82) is 5.41 Å². The van der Waals surface area contributed by atoms with E-state index in [2.05, 4.69) is 96.7 Å². The number of carbonyl (C=O) groups is 1. The minimum atomic E-state index is -1.05. The van der Waals surface area contributed by atoms with Crippen LogP contribution in [0.2, 0.25) is 0 Å². The maximum atomic E-state index is 15.6. The number of hydrogen-bond donors (Lipinski definition) is 3. The van der Waals surface area contributed by atoms with Gasteiger partial charge in [-0.3, -0.25) is 10.2 Å². The average molecular weight is 995 g/mol. The Hall–Kier alpha value is -6.09. The number of Topliss-reactive ketones (excluding diaryl/α,β-unsaturated/α-hetero) is 1. The number of anilines is 2. The quantitative estimate of drug-likeness (QED) is 0.0165. The van der Waals surface area contributed by atoms with Crippen LogP contribution in [0, 0.1) is 12.0 Å². The van der Waals surface area contributed by atoms with Gasteiger partial charge in [0.15, 0.2) is 5.78 Å². The second-order valence-electron chi connectivity index (χ2n) is 21.3. The van der Waals surface area contributed by atoms with Crippen molar-refractivity contribution in [2.45, 2.75) is 188 Å². The average Bonchev–Trinajstić information content (AvgIpc) is 3.42. The summed E-state index contributed by atoms with van der Waals surface area (Å²) in [5.74, 6) is 1.04. The molecule has 0 saturated heterocycles. The highest BCUT2D eigenvalue weighted by atomic mass is 16.3. The number of hydrogen-bond acceptors (Lipinski definition) is 6. The van der Waals surface area contributed by atoms with Gasteiger partial charge in [0.1, 0.15) is 11.5 Å². The second kappa shape index (κ2) is 28.5. The van der Waals surface area contributed by atoms with E-state index in [1.807, 2.05) is 36.4 Å². The third-order valence-corrected chi connectivity index (χ3v) is 15.9. The minimum Gasteiger partial charge on any atom is -0.508 e. The maximum Gasteiger partial charge on any atom is 0.251 e. The van der Waals surface area contributed by atoms with Gasteiger partial charge >= 0.3 is 0 Å². The fourth-order valence-electron chi connectivity index (χ4n) is 11.7. The van der Waals surface area contributed by atoms with Gasteiger partial charge in [-0.05, 0) is 93.7 Å². The third-order valence-electron chi connectivity index (χ3n) is 15.9. The van der Waals surface area contributed by atoms with Crippen molar-refractivity contribution in [3.05, 3.63) is 119 Å². The maximum absolute atomic E-state index is 15.6. The lowest BCUT2D eigenvalue weighted by molar-refractivity contribution is -0.115. The van der Waals surface area contributed by atoms with Gasteiger partial charge in [0.25, 0.3) is 5.70 Å². The van der Waals surface area contributed by atoms with Crippen LogP contribution in [0.4, 0.5) is 11.4 Å². The number of unbranched alkanes of at least 4 members (excludes halogenated alkanes) is 20. The van der Waals surface area contributed by atoms with E-state index in [4.69, 9.17) is 12.0 Å². The molecular weight excluding hydrogens is 909 g/mol. The molecule has 7 rings (SSSR count). The van der Waals surface area contributed by atoms with Crippen LogP contribution in [-0.4, -0.2) is 48.0 Å². The van der Waals surface area contributed by atoms with Crippen LogP contribution < -0.4 is 9.80 Å². The van der Waals surface area contributed by atoms with E-state index in [-0.39, 0.29) is 28.6 Å². The number of nitrogens with one attached hydrogen (secondary N) is 1. The van der Waals surface area contributed by atoms with Crippen LogP contribution in [0.3, 0.4) is 0 Å². The molecule has 0 spiro atoms. The number of phenols is 2. The molecule has 0 radical (unpaired) electrons. The van der Waals surface area contributed by atoms with Crippen molar-refractivity contribution in [3.8, 4) is 11.5 Å². The van der Waals surface area contributed by atoms with Gasteiger partial charge in [0.2, 0.25) is 0 Å². The van der Waals surface area contributed by atoms with Gasteiger partial charge in [-0.15, -0.1) is 0 Å². The zero-order chi connectivity index (χ0) is 52.2. The Kier molecular flexibility index (Phi) is 21.5. The smallest absolute Gasteiger partial charge is 0.251 e. The van der Waals surface area contributed by atoms with Crippen LogP contribution in [0.15, 0.2) is 96.2 Å². The van der Waals surface area contributed by atoms with E-state index >= 15 is 4.79 Å². The Balaban J connectivity index is 1.38. The standard InChI is InChI=1S/C67H86N4O3/c1-6-10-14-18-22-30-38-70(39-31-23-19-15-11-7-2)58-46-60(72)62(55-44-51-36-28-26-34-49(51)42-53(55)58)65-64(57(48-68)69-5)66(67(65)74)63-56-45-52-37-29-27-35-50(52)43-54(56)59(47-61(63)73)71(40-32-24-20-16-12-8-3)41-33-25-21-17-13-9-4/h26-29,34-37,42-47,65,68,72-73H,6-25,30-33,38-41H2,1-4H3. The van der Waals surface area contributed by atoms with Crippen LogP contribution >= 0.6 is 0 Å². The summed E-state index contributed by atoms with van der Waals surface area (Å²) in [5.41, 5.74) is 3.15. The second-order valence-corrected chi connectivity index (χ2v) is 21.3. The molecule has 0 fully saturated rings. The highest BCUT2D eigenvalue weighted by Crippen LogP contribution is 2.56. The highest BCUT2D eigenvalue weighted by molar-refractivity contribution is 6.38. The summed E-state index contributed by atoms with van der Waals surface area (Å²) < 4.78 is 0. The van der Waals surface area contributed by atoms with E-state index in [9.17, 15) is 10.2 Å². The van der Waals surface area contributed by atoms with Crippen molar-refractivity contribution >= 4 is 71.7 Å². The molecule has 0 amide bonds. The van der Waals surface area contributed by atoms with Gasteiger partial charge in [-0.1, -0.05) is 205 Å². The summed E-state index contributed by atoms with van der Waals surface area (Å²) in [7, 11) is 0. The Labute approximate surface area is 444 Å². The van der Waals surface area contributed by atoms with Crippen LogP contribution in [0.1, 0.15) is 199 Å². The summed E-state index contributed by atoms with van der Waals surface area (Å²) in [4.78, 5) is 24.3. The van der Waals surface area contributed by atoms with Gasteiger partial charge in [0.05, 0.1) is 12.5 Å². The molecule has 0 aromatic heterocycles. The normalized spacial score (nSPS) is 13.5. The molecule has 392 valence electrons. The van der Waals surface area contributed by atoms with Crippen LogP contribution in [0.5, 0.6) is 11.5 Å². The zero-order valence-corrected chi connectivity index (χ0v) is 45.6. The molecule has 3 N–H and O–H groups in total. The van der Waals surface area contributed by atoms with Crippen LogP contribution in [0.25, 0.3) is 53.5 Å². The van der Waals surface area contributed by atoms with Crippen LogP contribution in [-0.2, 0) is 4.79 Å². The predicted octanol–water partition coefficient (Wildman–Crippen LogP) is 18.9. The summed E-state index contributed by atoms with van der Waals surface area (Å²) in [6, 6.07) is 28.8. The molecule has 0 aliphatic heterocycles. The highest BCUT2D eigenvalue weighted by Gasteiger charge is 2.46. The van der Waals surface area contributed by atoms with Gasteiger partial charge in [0, 0.05) is 77.2 Å². The Morgan fingerprint density at radius 1 is 0.514 bits per heavy atom. The molecule has 6 aromatic carbocycles. The number of phenolic OH excluding ortho intramolecular Hbond substituents is 2. The Morgan fingerprint density at radius 2 is 0.865 bits per heavy atom. The predicted molar refractivity (Wildman–Crippen MR) is 317 cm³/mol. The van der Waals surface area contributed by atoms with E-state index in [1.165, 1.54) is 103 Å². The van der Waals surface area contributed by atoms with E-state index in [0.29, 0.717) is 16.7 Å². The van der Waals surface area contributed by atoms with E-state index < -0.39 is 5.92 Å². The minimum absolute atomic E-state index is 0.00154. The fourth-order valence-corrected chi connectivity index (χ4v) is 11.7. The first kappa shape index (κ1) is 55.7. The Bertz CT molecular complexity index is 2920. The SMILES string of the molecule is [C-]#[N+]C(=C=N)C1=C(c2c(O)cc(N(CCCCCCCC)CCCCCCCC)c3cc4ccccc4cc23)C(=O)C1c1c(O)cc(N(CCCCCCCC)CCCCCCCC)c2cc3ccccc3cc12. The van der Waals surface area contributed by atoms with Crippen molar-refractivity contribution in [3.63, 3.8) is 0 Å². The molecular formula is C67H86N4O3. The van der Waals surface area contributed by atoms with Crippen molar-refractivity contribution in [2.75, 3.05) is 36.0 Å². The molecule has 74 heavy (non-hydrogen) atoms. The monoisotopic (exact) mass is 995 g/mol. The molecule has 7 nitrogen and oxygen atoms in total. The lowest BCUT2D eigenvalue weighted by atomic mass is 9.66. The van der Waals surface area contributed by atoms with Gasteiger partial charge < -0.3 is 20.0 Å². The first-order valence-electron chi connectivity index (χ1n) is 29.1. The van der Waals surface area contributed by atoms with E-state index in [1.54, 1.807) is 0 Å².